The molecule has 0 spiro atoms. The molecule has 0 fully saturated rings. The average Bonchev–Trinajstić information content (AvgIpc) is 3.29. The van der Waals surface area contributed by atoms with Crippen molar-refractivity contribution in [2.45, 2.75) is 6.54 Å². The molecule has 2 N–H and O–H groups in total. The molecule has 118 valence electrons. The SMILES string of the molecule is O=C(NCc1cn2cccnc2n1)c1ccc(-c2ccn[nH]2)cc1. The predicted octanol–water partition coefficient (Wildman–Crippen LogP) is 2.05. The van der Waals surface area contributed by atoms with Crippen LogP contribution in [0, 0.1) is 0 Å². The van der Waals surface area contributed by atoms with Crippen molar-refractivity contribution in [3.63, 3.8) is 0 Å². The Morgan fingerprint density at radius 1 is 1.17 bits per heavy atom. The Morgan fingerprint density at radius 2 is 2.04 bits per heavy atom. The summed E-state index contributed by atoms with van der Waals surface area (Å²) in [5.74, 6) is 0.474. The van der Waals surface area contributed by atoms with Gasteiger partial charge in [-0.3, -0.25) is 14.3 Å². The Kier molecular flexibility index (Phi) is 3.51. The van der Waals surface area contributed by atoms with Gasteiger partial charge in [-0.2, -0.15) is 5.10 Å². The van der Waals surface area contributed by atoms with Gasteiger partial charge in [0, 0.05) is 30.4 Å². The summed E-state index contributed by atoms with van der Waals surface area (Å²) in [4.78, 5) is 20.8. The smallest absolute Gasteiger partial charge is 0.251 e. The minimum atomic E-state index is -0.142. The van der Waals surface area contributed by atoms with E-state index >= 15 is 0 Å². The molecule has 0 aliphatic heterocycles. The van der Waals surface area contributed by atoms with Crippen molar-refractivity contribution in [3.8, 4) is 11.3 Å². The number of aromatic amines is 1. The van der Waals surface area contributed by atoms with Gasteiger partial charge in [-0.1, -0.05) is 12.1 Å². The van der Waals surface area contributed by atoms with E-state index < -0.39 is 0 Å². The molecule has 0 atom stereocenters. The van der Waals surface area contributed by atoms with E-state index in [-0.39, 0.29) is 5.91 Å². The zero-order valence-corrected chi connectivity index (χ0v) is 12.7. The van der Waals surface area contributed by atoms with E-state index in [1.807, 2.05) is 41.1 Å². The predicted molar refractivity (Wildman–Crippen MR) is 88.2 cm³/mol. The number of amides is 1. The lowest BCUT2D eigenvalue weighted by atomic mass is 10.1. The van der Waals surface area contributed by atoms with Gasteiger partial charge in [0.05, 0.1) is 17.9 Å². The minimum absolute atomic E-state index is 0.142. The molecule has 0 radical (unpaired) electrons. The number of fused-ring (bicyclic) bond motifs is 1. The fourth-order valence-electron chi connectivity index (χ4n) is 2.46. The van der Waals surface area contributed by atoms with Gasteiger partial charge < -0.3 is 5.32 Å². The number of carbonyl (C=O) groups is 1. The number of hydrogen-bond acceptors (Lipinski definition) is 4. The lowest BCUT2D eigenvalue weighted by Crippen LogP contribution is -2.22. The van der Waals surface area contributed by atoms with Crippen molar-refractivity contribution in [1.82, 2.24) is 29.9 Å². The molecule has 0 saturated heterocycles. The Morgan fingerprint density at radius 3 is 2.79 bits per heavy atom. The highest BCUT2D eigenvalue weighted by atomic mass is 16.1. The van der Waals surface area contributed by atoms with Crippen LogP contribution in [0.25, 0.3) is 17.0 Å². The largest absolute Gasteiger partial charge is 0.346 e. The molecule has 0 bridgehead atoms. The molecular formula is C17H14N6O. The topological polar surface area (TPSA) is 88.0 Å². The van der Waals surface area contributed by atoms with E-state index in [0.717, 1.165) is 17.0 Å². The first-order valence-corrected chi connectivity index (χ1v) is 7.46. The van der Waals surface area contributed by atoms with Crippen LogP contribution in [-0.2, 0) is 6.54 Å². The maximum atomic E-state index is 12.2. The van der Waals surface area contributed by atoms with E-state index in [4.69, 9.17) is 0 Å². The average molecular weight is 318 g/mol. The van der Waals surface area contributed by atoms with Gasteiger partial charge in [-0.25, -0.2) is 9.97 Å². The van der Waals surface area contributed by atoms with E-state index in [1.54, 1.807) is 24.5 Å². The van der Waals surface area contributed by atoms with Crippen LogP contribution in [0.3, 0.4) is 0 Å². The third-order valence-electron chi connectivity index (χ3n) is 3.67. The Labute approximate surface area is 137 Å². The third kappa shape index (κ3) is 2.74. The van der Waals surface area contributed by atoms with Gasteiger partial charge >= 0.3 is 0 Å². The normalized spacial score (nSPS) is 10.8. The highest BCUT2D eigenvalue weighted by molar-refractivity contribution is 5.94. The third-order valence-corrected chi connectivity index (χ3v) is 3.67. The van der Waals surface area contributed by atoms with E-state index in [0.29, 0.717) is 17.9 Å². The molecule has 0 aliphatic rings. The van der Waals surface area contributed by atoms with Crippen LogP contribution in [0.4, 0.5) is 0 Å². The number of nitrogens with zero attached hydrogens (tertiary/aromatic N) is 4. The number of nitrogens with one attached hydrogen (secondary N) is 2. The molecule has 1 amide bonds. The molecule has 4 rings (SSSR count). The number of benzene rings is 1. The van der Waals surface area contributed by atoms with E-state index in [1.165, 1.54) is 0 Å². The standard InChI is InChI=1S/C17H14N6O/c24-16(13-4-2-12(3-5-13)15-6-8-20-22-15)19-10-14-11-23-9-1-7-18-17(23)21-14/h1-9,11H,10H2,(H,19,24)(H,20,22). The first kappa shape index (κ1) is 14.1. The quantitative estimate of drug-likeness (QED) is 0.603. The maximum absolute atomic E-state index is 12.2. The van der Waals surface area contributed by atoms with Gasteiger partial charge in [-0.15, -0.1) is 0 Å². The van der Waals surface area contributed by atoms with Crippen LogP contribution in [0.1, 0.15) is 16.1 Å². The second-order valence-electron chi connectivity index (χ2n) is 5.29. The molecule has 0 saturated carbocycles. The summed E-state index contributed by atoms with van der Waals surface area (Å²) in [5.41, 5.74) is 3.26. The molecule has 3 heterocycles. The van der Waals surface area contributed by atoms with Crippen molar-refractivity contribution in [2.75, 3.05) is 0 Å². The monoisotopic (exact) mass is 318 g/mol. The van der Waals surface area contributed by atoms with Gasteiger partial charge in [0.1, 0.15) is 0 Å². The summed E-state index contributed by atoms with van der Waals surface area (Å²) in [6, 6.07) is 11.1. The Balaban J connectivity index is 1.44. The number of imidazole rings is 1. The molecule has 1 aromatic carbocycles. The summed E-state index contributed by atoms with van der Waals surface area (Å²) in [7, 11) is 0. The van der Waals surface area contributed by atoms with Gasteiger partial charge in [0.15, 0.2) is 0 Å². The summed E-state index contributed by atoms with van der Waals surface area (Å²) in [6.07, 6.45) is 7.10. The molecule has 3 aromatic heterocycles. The molecule has 0 aliphatic carbocycles. The fourth-order valence-corrected chi connectivity index (χ4v) is 2.46. The van der Waals surface area contributed by atoms with Crippen LogP contribution < -0.4 is 5.32 Å². The van der Waals surface area contributed by atoms with Crippen molar-refractivity contribution >= 4 is 11.7 Å². The van der Waals surface area contributed by atoms with Crippen molar-refractivity contribution in [3.05, 3.63) is 72.4 Å². The molecule has 24 heavy (non-hydrogen) atoms. The van der Waals surface area contributed by atoms with Crippen LogP contribution in [0.15, 0.2) is 61.2 Å². The summed E-state index contributed by atoms with van der Waals surface area (Å²) in [6.45, 7) is 0.352. The number of aromatic nitrogens is 5. The minimum Gasteiger partial charge on any atom is -0.346 e. The summed E-state index contributed by atoms with van der Waals surface area (Å²) >= 11 is 0. The summed E-state index contributed by atoms with van der Waals surface area (Å²) < 4.78 is 1.82. The van der Waals surface area contributed by atoms with Crippen molar-refractivity contribution < 1.29 is 4.79 Å². The van der Waals surface area contributed by atoms with E-state index in [2.05, 4.69) is 25.5 Å². The Hall–Kier alpha value is -3.48. The lowest BCUT2D eigenvalue weighted by molar-refractivity contribution is 0.0950. The van der Waals surface area contributed by atoms with Crippen molar-refractivity contribution in [2.24, 2.45) is 0 Å². The van der Waals surface area contributed by atoms with Crippen LogP contribution >= 0.6 is 0 Å². The maximum Gasteiger partial charge on any atom is 0.251 e. The van der Waals surface area contributed by atoms with Crippen LogP contribution in [-0.4, -0.2) is 30.5 Å². The highest BCUT2D eigenvalue weighted by Gasteiger charge is 2.08. The number of H-pyrrole nitrogens is 1. The number of carbonyl (C=O) groups excluding carboxylic acids is 1. The first-order valence-electron chi connectivity index (χ1n) is 7.46. The van der Waals surface area contributed by atoms with Gasteiger partial charge in [0.25, 0.3) is 5.91 Å². The second kappa shape index (κ2) is 5.96. The number of hydrogen-bond donors (Lipinski definition) is 2. The van der Waals surface area contributed by atoms with Crippen LogP contribution in [0.2, 0.25) is 0 Å². The fraction of sp³-hybridized carbons (Fsp3) is 0.0588. The molecule has 7 nitrogen and oxygen atoms in total. The Bertz CT molecular complexity index is 939. The molecule has 4 aromatic rings. The van der Waals surface area contributed by atoms with Gasteiger partial charge in [-0.05, 0) is 29.8 Å². The number of rotatable bonds is 4. The van der Waals surface area contributed by atoms with Gasteiger partial charge in [0.2, 0.25) is 5.78 Å². The highest BCUT2D eigenvalue weighted by Crippen LogP contribution is 2.16. The molecule has 7 heteroatoms. The van der Waals surface area contributed by atoms with E-state index in [9.17, 15) is 4.79 Å². The van der Waals surface area contributed by atoms with Crippen LogP contribution in [0.5, 0.6) is 0 Å². The molecule has 0 unspecified atom stereocenters. The zero-order chi connectivity index (χ0) is 16.4. The van der Waals surface area contributed by atoms with Crippen molar-refractivity contribution in [1.29, 1.82) is 0 Å². The lowest BCUT2D eigenvalue weighted by Gasteiger charge is -2.04. The first-order chi connectivity index (χ1) is 11.8. The zero-order valence-electron chi connectivity index (χ0n) is 12.7. The second-order valence-corrected chi connectivity index (χ2v) is 5.29. The molecular weight excluding hydrogens is 304 g/mol. The summed E-state index contributed by atoms with van der Waals surface area (Å²) in [5, 5.41) is 9.68.